The fourth-order valence-electron chi connectivity index (χ4n) is 2.57. The Morgan fingerprint density at radius 3 is 2.25 bits per heavy atom. The lowest BCUT2D eigenvalue weighted by Crippen LogP contribution is -2.49. The number of nitrogens with zero attached hydrogens (tertiary/aromatic N) is 2. The van der Waals surface area contributed by atoms with Crippen LogP contribution in [0.3, 0.4) is 0 Å². The lowest BCUT2D eigenvalue weighted by molar-refractivity contribution is 0.0624. The van der Waals surface area contributed by atoms with Gasteiger partial charge in [-0.15, -0.1) is 11.6 Å². The first-order valence-electron chi connectivity index (χ1n) is 7.26. The van der Waals surface area contributed by atoms with Crippen molar-refractivity contribution < 1.29 is 4.79 Å². The lowest BCUT2D eigenvalue weighted by Gasteiger charge is -2.35. The van der Waals surface area contributed by atoms with Gasteiger partial charge in [-0.05, 0) is 23.6 Å². The van der Waals surface area contributed by atoms with Gasteiger partial charge in [-0.2, -0.15) is 0 Å². The molecule has 2 rings (SSSR count). The van der Waals surface area contributed by atoms with Crippen molar-refractivity contribution in [3.63, 3.8) is 0 Å². The van der Waals surface area contributed by atoms with Crippen LogP contribution in [0.5, 0.6) is 0 Å². The molecule has 1 aromatic rings. The average molecular weight is 295 g/mol. The van der Waals surface area contributed by atoms with E-state index in [0.717, 1.165) is 43.9 Å². The molecular weight excluding hydrogens is 272 g/mol. The Kier molecular flexibility index (Phi) is 5.44. The summed E-state index contributed by atoms with van der Waals surface area (Å²) in [6.45, 7) is 9.18. The molecule has 1 aliphatic rings. The van der Waals surface area contributed by atoms with Crippen LogP contribution in [0.4, 0.5) is 0 Å². The SMILES string of the molecule is CC(C)CN1CCN(C(=O)c2ccc(CCl)cc2)CC1. The topological polar surface area (TPSA) is 23.6 Å². The number of carbonyl (C=O) groups is 1. The molecule has 20 heavy (non-hydrogen) atoms. The maximum absolute atomic E-state index is 12.4. The minimum absolute atomic E-state index is 0.135. The Morgan fingerprint density at radius 2 is 1.75 bits per heavy atom. The number of hydrogen-bond donors (Lipinski definition) is 0. The molecule has 0 N–H and O–H groups in total. The summed E-state index contributed by atoms with van der Waals surface area (Å²) in [5, 5.41) is 0. The fourth-order valence-corrected chi connectivity index (χ4v) is 2.75. The third kappa shape index (κ3) is 3.97. The first-order valence-corrected chi connectivity index (χ1v) is 7.80. The van der Waals surface area contributed by atoms with Crippen molar-refractivity contribution in [3.05, 3.63) is 35.4 Å². The number of halogens is 1. The van der Waals surface area contributed by atoms with Gasteiger partial charge in [-0.25, -0.2) is 0 Å². The largest absolute Gasteiger partial charge is 0.336 e. The number of piperazine rings is 1. The maximum Gasteiger partial charge on any atom is 0.253 e. The first-order chi connectivity index (χ1) is 9.60. The van der Waals surface area contributed by atoms with Gasteiger partial charge in [0.05, 0.1) is 0 Å². The molecule has 1 saturated heterocycles. The Bertz CT molecular complexity index is 436. The van der Waals surface area contributed by atoms with E-state index in [-0.39, 0.29) is 5.91 Å². The third-order valence-electron chi connectivity index (χ3n) is 3.64. The summed E-state index contributed by atoms with van der Waals surface area (Å²) >= 11 is 5.76. The van der Waals surface area contributed by atoms with E-state index in [1.165, 1.54) is 0 Å². The van der Waals surface area contributed by atoms with Crippen molar-refractivity contribution in [2.24, 2.45) is 5.92 Å². The molecule has 0 aliphatic carbocycles. The highest BCUT2D eigenvalue weighted by Crippen LogP contribution is 2.12. The van der Waals surface area contributed by atoms with Crippen LogP contribution in [0.2, 0.25) is 0 Å². The summed E-state index contributed by atoms with van der Waals surface area (Å²) in [7, 11) is 0. The number of rotatable bonds is 4. The predicted molar refractivity (Wildman–Crippen MR) is 83.2 cm³/mol. The number of carbonyl (C=O) groups excluding carboxylic acids is 1. The predicted octanol–water partition coefficient (Wildman–Crippen LogP) is 2.84. The van der Waals surface area contributed by atoms with Crippen molar-refractivity contribution in [1.29, 1.82) is 0 Å². The molecule has 3 nitrogen and oxygen atoms in total. The fraction of sp³-hybridized carbons (Fsp3) is 0.562. The highest BCUT2D eigenvalue weighted by atomic mass is 35.5. The normalized spacial score (nSPS) is 16.7. The molecule has 0 spiro atoms. The summed E-state index contributed by atoms with van der Waals surface area (Å²) in [6, 6.07) is 7.60. The second kappa shape index (κ2) is 7.09. The first kappa shape index (κ1) is 15.3. The molecule has 0 atom stereocenters. The van der Waals surface area contributed by atoms with Gasteiger partial charge >= 0.3 is 0 Å². The van der Waals surface area contributed by atoms with Crippen molar-refractivity contribution in [1.82, 2.24) is 9.80 Å². The van der Waals surface area contributed by atoms with Crippen molar-refractivity contribution in [2.45, 2.75) is 19.7 Å². The van der Waals surface area contributed by atoms with Crippen LogP contribution in [0.1, 0.15) is 29.8 Å². The van der Waals surface area contributed by atoms with Crippen molar-refractivity contribution in [2.75, 3.05) is 32.7 Å². The summed E-state index contributed by atoms with van der Waals surface area (Å²) in [4.78, 5) is 16.8. The number of hydrogen-bond acceptors (Lipinski definition) is 2. The number of benzene rings is 1. The molecular formula is C16H23ClN2O. The molecule has 0 radical (unpaired) electrons. The van der Waals surface area contributed by atoms with Gasteiger partial charge in [0.15, 0.2) is 0 Å². The maximum atomic E-state index is 12.4. The molecule has 1 aromatic carbocycles. The minimum atomic E-state index is 0.135. The minimum Gasteiger partial charge on any atom is -0.336 e. The summed E-state index contributed by atoms with van der Waals surface area (Å²) in [6.07, 6.45) is 0. The average Bonchev–Trinajstić information content (AvgIpc) is 2.47. The van der Waals surface area contributed by atoms with E-state index in [1.807, 2.05) is 29.2 Å². The van der Waals surface area contributed by atoms with Gasteiger partial charge in [0.25, 0.3) is 5.91 Å². The van der Waals surface area contributed by atoms with E-state index < -0.39 is 0 Å². The lowest BCUT2D eigenvalue weighted by atomic mass is 10.1. The smallest absolute Gasteiger partial charge is 0.253 e. The Balaban J connectivity index is 1.90. The van der Waals surface area contributed by atoms with Crippen LogP contribution < -0.4 is 0 Å². The van der Waals surface area contributed by atoms with E-state index in [2.05, 4.69) is 18.7 Å². The number of alkyl halides is 1. The summed E-state index contributed by atoms with van der Waals surface area (Å²) < 4.78 is 0. The molecule has 1 heterocycles. The summed E-state index contributed by atoms with van der Waals surface area (Å²) in [5.41, 5.74) is 1.81. The monoisotopic (exact) mass is 294 g/mol. The van der Waals surface area contributed by atoms with Gasteiger partial charge in [0, 0.05) is 44.2 Å². The summed E-state index contributed by atoms with van der Waals surface area (Å²) in [5.74, 6) is 1.30. The zero-order chi connectivity index (χ0) is 14.5. The molecule has 4 heteroatoms. The van der Waals surface area contributed by atoms with Gasteiger partial charge in [0.2, 0.25) is 0 Å². The second-order valence-electron chi connectivity index (χ2n) is 5.82. The van der Waals surface area contributed by atoms with Crippen molar-refractivity contribution >= 4 is 17.5 Å². The zero-order valence-corrected chi connectivity index (χ0v) is 13.1. The Hall–Kier alpha value is -1.06. The van der Waals surface area contributed by atoms with Crippen LogP contribution >= 0.6 is 11.6 Å². The van der Waals surface area contributed by atoms with Crippen LogP contribution in [0.25, 0.3) is 0 Å². The highest BCUT2D eigenvalue weighted by Gasteiger charge is 2.22. The van der Waals surface area contributed by atoms with Crippen LogP contribution in [0, 0.1) is 5.92 Å². The van der Waals surface area contributed by atoms with Crippen LogP contribution in [-0.4, -0.2) is 48.4 Å². The molecule has 1 fully saturated rings. The Morgan fingerprint density at radius 1 is 1.15 bits per heavy atom. The molecule has 110 valence electrons. The molecule has 0 bridgehead atoms. The molecule has 0 aromatic heterocycles. The van der Waals surface area contributed by atoms with Crippen molar-refractivity contribution in [3.8, 4) is 0 Å². The molecule has 1 amide bonds. The molecule has 0 unspecified atom stereocenters. The zero-order valence-electron chi connectivity index (χ0n) is 12.3. The van der Waals surface area contributed by atoms with Crippen LogP contribution in [-0.2, 0) is 5.88 Å². The standard InChI is InChI=1S/C16H23ClN2O/c1-13(2)12-18-7-9-19(10-8-18)16(20)15-5-3-14(11-17)4-6-15/h3-6,13H,7-12H2,1-2H3. The van der Waals surface area contributed by atoms with E-state index in [4.69, 9.17) is 11.6 Å². The van der Waals surface area contributed by atoms with E-state index in [9.17, 15) is 4.79 Å². The van der Waals surface area contributed by atoms with Gasteiger partial charge in [-0.1, -0.05) is 26.0 Å². The van der Waals surface area contributed by atoms with E-state index in [1.54, 1.807) is 0 Å². The van der Waals surface area contributed by atoms with E-state index in [0.29, 0.717) is 11.8 Å². The number of amides is 1. The Labute approximate surface area is 126 Å². The molecule has 1 aliphatic heterocycles. The van der Waals surface area contributed by atoms with Gasteiger partial charge in [0.1, 0.15) is 0 Å². The molecule has 0 saturated carbocycles. The second-order valence-corrected chi connectivity index (χ2v) is 6.08. The third-order valence-corrected chi connectivity index (χ3v) is 3.95. The quantitative estimate of drug-likeness (QED) is 0.797. The van der Waals surface area contributed by atoms with Crippen LogP contribution in [0.15, 0.2) is 24.3 Å². The van der Waals surface area contributed by atoms with Gasteiger partial charge < -0.3 is 4.90 Å². The highest BCUT2D eigenvalue weighted by molar-refractivity contribution is 6.17. The van der Waals surface area contributed by atoms with Gasteiger partial charge in [-0.3, -0.25) is 9.69 Å². The van der Waals surface area contributed by atoms with E-state index >= 15 is 0 Å².